The van der Waals surface area contributed by atoms with Crippen LogP contribution in [-0.4, -0.2) is 38.4 Å². The lowest BCUT2D eigenvalue weighted by Crippen LogP contribution is -2.30. The lowest BCUT2D eigenvalue weighted by Gasteiger charge is -2.17. The lowest BCUT2D eigenvalue weighted by atomic mass is 10.1. The summed E-state index contributed by atoms with van der Waals surface area (Å²) in [6.45, 7) is 4.80. The first kappa shape index (κ1) is 16.8. The Hall–Kier alpha value is -2.67. The van der Waals surface area contributed by atoms with E-state index >= 15 is 0 Å². The molecule has 0 radical (unpaired) electrons. The highest BCUT2D eigenvalue weighted by Crippen LogP contribution is 2.29. The van der Waals surface area contributed by atoms with Crippen molar-refractivity contribution in [1.82, 2.24) is 20.2 Å². The molecule has 0 fully saturated rings. The van der Waals surface area contributed by atoms with Crippen LogP contribution in [0.15, 0.2) is 47.6 Å². The number of para-hydroxylation sites is 2. The highest BCUT2D eigenvalue weighted by atomic mass is 32.2. The van der Waals surface area contributed by atoms with E-state index in [2.05, 4.69) is 21.6 Å². The second-order valence-corrected chi connectivity index (χ2v) is 7.27. The van der Waals surface area contributed by atoms with Crippen LogP contribution in [0.2, 0.25) is 0 Å². The van der Waals surface area contributed by atoms with Crippen LogP contribution in [0, 0.1) is 13.8 Å². The first-order valence-corrected chi connectivity index (χ1v) is 9.50. The summed E-state index contributed by atoms with van der Waals surface area (Å²) in [7, 11) is 0. The van der Waals surface area contributed by atoms with Crippen LogP contribution in [0.4, 0.5) is 5.69 Å². The van der Waals surface area contributed by atoms with Crippen LogP contribution in [0.1, 0.15) is 16.7 Å². The number of fused-ring (bicyclic) bond motifs is 1. The van der Waals surface area contributed by atoms with Gasteiger partial charge in [-0.15, -0.1) is 5.10 Å². The molecule has 7 heteroatoms. The molecule has 2 aromatic carbocycles. The summed E-state index contributed by atoms with van der Waals surface area (Å²) in [4.78, 5) is 14.6. The number of anilines is 1. The molecule has 6 nitrogen and oxygen atoms in total. The lowest BCUT2D eigenvalue weighted by molar-refractivity contribution is -0.116. The fourth-order valence-corrected chi connectivity index (χ4v) is 4.10. The fourth-order valence-electron chi connectivity index (χ4n) is 3.35. The van der Waals surface area contributed by atoms with Gasteiger partial charge in [-0.05, 0) is 53.5 Å². The van der Waals surface area contributed by atoms with Crippen molar-refractivity contribution in [3.8, 4) is 5.69 Å². The number of tetrazole rings is 1. The van der Waals surface area contributed by atoms with Crippen molar-refractivity contribution >= 4 is 23.4 Å². The van der Waals surface area contributed by atoms with E-state index in [1.807, 2.05) is 55.1 Å². The molecule has 26 heavy (non-hydrogen) atoms. The van der Waals surface area contributed by atoms with E-state index in [4.69, 9.17) is 0 Å². The van der Waals surface area contributed by atoms with Crippen molar-refractivity contribution in [3.05, 3.63) is 59.2 Å². The minimum absolute atomic E-state index is 0.0796. The topological polar surface area (TPSA) is 63.9 Å². The molecule has 0 unspecified atom stereocenters. The van der Waals surface area contributed by atoms with Crippen LogP contribution in [0.3, 0.4) is 0 Å². The van der Waals surface area contributed by atoms with E-state index in [1.54, 1.807) is 4.68 Å². The van der Waals surface area contributed by atoms with Gasteiger partial charge in [0, 0.05) is 12.2 Å². The highest BCUT2D eigenvalue weighted by molar-refractivity contribution is 7.99. The summed E-state index contributed by atoms with van der Waals surface area (Å²) in [5, 5.41) is 12.7. The van der Waals surface area contributed by atoms with E-state index in [0.29, 0.717) is 10.9 Å². The Morgan fingerprint density at radius 2 is 1.88 bits per heavy atom. The van der Waals surface area contributed by atoms with Crippen molar-refractivity contribution in [3.63, 3.8) is 0 Å². The molecule has 2 heterocycles. The maximum absolute atomic E-state index is 12.7. The first-order valence-electron chi connectivity index (χ1n) is 8.51. The Labute approximate surface area is 156 Å². The minimum atomic E-state index is 0.0796. The normalized spacial score (nSPS) is 13.1. The van der Waals surface area contributed by atoms with Gasteiger partial charge in [0.25, 0.3) is 0 Å². The Balaban J connectivity index is 1.52. The monoisotopic (exact) mass is 365 g/mol. The standard InChI is InChI=1S/C19H19N5OS/c1-13-6-5-7-14(2)18(13)24-19(20-21-22-24)26-12-17(25)23-11-10-15-8-3-4-9-16(15)23/h3-9H,10-12H2,1-2H3. The van der Waals surface area contributed by atoms with Gasteiger partial charge in [-0.2, -0.15) is 4.68 Å². The molecule has 0 N–H and O–H groups in total. The summed E-state index contributed by atoms with van der Waals surface area (Å²) >= 11 is 1.37. The largest absolute Gasteiger partial charge is 0.311 e. The number of amides is 1. The number of aromatic nitrogens is 4. The molecule has 3 aromatic rings. The molecule has 1 aliphatic rings. The third kappa shape index (κ3) is 2.99. The zero-order valence-electron chi connectivity index (χ0n) is 14.7. The van der Waals surface area contributed by atoms with Gasteiger partial charge < -0.3 is 4.90 Å². The van der Waals surface area contributed by atoms with Crippen LogP contribution in [0.5, 0.6) is 0 Å². The second kappa shape index (κ2) is 6.92. The summed E-state index contributed by atoms with van der Waals surface area (Å²) in [5.74, 6) is 0.385. The molecule has 0 spiro atoms. The van der Waals surface area contributed by atoms with Crippen molar-refractivity contribution in [2.24, 2.45) is 0 Å². The zero-order valence-corrected chi connectivity index (χ0v) is 15.5. The number of rotatable bonds is 4. The van der Waals surface area contributed by atoms with Gasteiger partial charge in [0.2, 0.25) is 11.1 Å². The zero-order chi connectivity index (χ0) is 18.1. The highest BCUT2D eigenvalue weighted by Gasteiger charge is 2.25. The number of thioether (sulfide) groups is 1. The van der Waals surface area contributed by atoms with Gasteiger partial charge in [-0.1, -0.05) is 48.2 Å². The Morgan fingerprint density at radius 3 is 2.69 bits per heavy atom. The molecule has 0 atom stereocenters. The van der Waals surface area contributed by atoms with E-state index in [-0.39, 0.29) is 5.91 Å². The molecular weight excluding hydrogens is 346 g/mol. The fraction of sp³-hybridized carbons (Fsp3) is 0.263. The van der Waals surface area contributed by atoms with Crippen LogP contribution in [0.25, 0.3) is 5.69 Å². The smallest absolute Gasteiger partial charge is 0.237 e. The number of nitrogens with zero attached hydrogens (tertiary/aromatic N) is 5. The molecule has 0 aliphatic carbocycles. The quantitative estimate of drug-likeness (QED) is 0.665. The third-order valence-electron chi connectivity index (χ3n) is 4.61. The van der Waals surface area contributed by atoms with E-state index < -0.39 is 0 Å². The maximum atomic E-state index is 12.7. The summed E-state index contributed by atoms with van der Waals surface area (Å²) in [5.41, 5.74) is 5.41. The molecular formula is C19H19N5OS. The summed E-state index contributed by atoms with van der Waals surface area (Å²) < 4.78 is 1.72. The van der Waals surface area contributed by atoms with Crippen molar-refractivity contribution < 1.29 is 4.79 Å². The number of hydrogen-bond acceptors (Lipinski definition) is 5. The SMILES string of the molecule is Cc1cccc(C)c1-n1nnnc1SCC(=O)N1CCc2ccccc21. The van der Waals surface area contributed by atoms with Gasteiger partial charge in [0.05, 0.1) is 11.4 Å². The minimum Gasteiger partial charge on any atom is -0.311 e. The number of aryl methyl sites for hydroxylation is 2. The maximum Gasteiger partial charge on any atom is 0.237 e. The van der Waals surface area contributed by atoms with Gasteiger partial charge in [-0.3, -0.25) is 4.79 Å². The number of carbonyl (C=O) groups excluding carboxylic acids is 1. The second-order valence-electron chi connectivity index (χ2n) is 6.33. The average Bonchev–Trinajstić information content (AvgIpc) is 3.26. The van der Waals surface area contributed by atoms with E-state index in [9.17, 15) is 4.79 Å². The van der Waals surface area contributed by atoms with Crippen molar-refractivity contribution in [2.45, 2.75) is 25.4 Å². The molecule has 4 rings (SSSR count). The van der Waals surface area contributed by atoms with Gasteiger partial charge in [0.15, 0.2) is 0 Å². The summed E-state index contributed by atoms with van der Waals surface area (Å²) in [6, 6.07) is 14.2. The van der Waals surface area contributed by atoms with E-state index in [0.717, 1.165) is 35.5 Å². The first-order chi connectivity index (χ1) is 12.6. The molecule has 1 aromatic heterocycles. The molecule has 0 saturated carbocycles. The van der Waals surface area contributed by atoms with Crippen LogP contribution >= 0.6 is 11.8 Å². The van der Waals surface area contributed by atoms with Gasteiger partial charge in [-0.25, -0.2) is 0 Å². The van der Waals surface area contributed by atoms with E-state index in [1.165, 1.54) is 17.3 Å². The molecule has 1 aliphatic heterocycles. The number of hydrogen-bond donors (Lipinski definition) is 0. The Morgan fingerprint density at radius 1 is 1.12 bits per heavy atom. The predicted octanol–water partition coefficient (Wildman–Crippen LogP) is 2.96. The molecule has 132 valence electrons. The Bertz CT molecular complexity index is 948. The molecule has 0 bridgehead atoms. The predicted molar refractivity (Wildman–Crippen MR) is 102 cm³/mol. The van der Waals surface area contributed by atoms with Gasteiger partial charge in [0.1, 0.15) is 0 Å². The number of benzene rings is 2. The van der Waals surface area contributed by atoms with Gasteiger partial charge >= 0.3 is 0 Å². The van der Waals surface area contributed by atoms with Crippen LogP contribution < -0.4 is 4.90 Å². The average molecular weight is 365 g/mol. The third-order valence-corrected chi connectivity index (χ3v) is 5.51. The number of carbonyl (C=O) groups is 1. The van der Waals surface area contributed by atoms with Crippen molar-refractivity contribution in [2.75, 3.05) is 17.2 Å². The van der Waals surface area contributed by atoms with Crippen molar-refractivity contribution in [1.29, 1.82) is 0 Å². The van der Waals surface area contributed by atoms with Crippen LogP contribution in [-0.2, 0) is 11.2 Å². The Kier molecular flexibility index (Phi) is 4.46. The summed E-state index contributed by atoms with van der Waals surface area (Å²) in [6.07, 6.45) is 0.909. The molecule has 1 amide bonds. The molecule has 0 saturated heterocycles.